The number of aromatic nitrogens is 4. The van der Waals surface area contributed by atoms with Crippen LogP contribution in [0.25, 0.3) is 11.3 Å². The summed E-state index contributed by atoms with van der Waals surface area (Å²) in [6.45, 7) is 8.33. The summed E-state index contributed by atoms with van der Waals surface area (Å²) in [7, 11) is 2.79. The SMILES string of the molecule is CN1CCCN(c2cncc(-c3cccc(C=O)c3)n2)CC1.CN1CCCN(c2cncc(Cl)n2)CC1.O=Cc1cccc(B(O)O)c1. The lowest BCUT2D eigenvalue weighted by Gasteiger charge is -2.21. The number of nitrogens with zero attached hydrogens (tertiary/aromatic N) is 8. The van der Waals surface area contributed by atoms with E-state index in [0.717, 1.165) is 94.4 Å². The van der Waals surface area contributed by atoms with Gasteiger partial charge in [0.25, 0.3) is 0 Å². The Morgan fingerprint density at radius 2 is 1.25 bits per heavy atom. The zero-order valence-corrected chi connectivity index (χ0v) is 28.2. The van der Waals surface area contributed by atoms with Gasteiger partial charge in [0, 0.05) is 56.0 Å². The van der Waals surface area contributed by atoms with Gasteiger partial charge < -0.3 is 29.6 Å². The summed E-state index contributed by atoms with van der Waals surface area (Å²) in [5.74, 6) is 1.79. The molecule has 2 saturated heterocycles. The minimum atomic E-state index is -1.50. The third kappa shape index (κ3) is 11.5. The fourth-order valence-corrected chi connectivity index (χ4v) is 5.39. The molecule has 252 valence electrons. The topological polar surface area (TPSA) is 139 Å². The molecule has 2 aliphatic heterocycles. The number of carbonyl (C=O) groups excluding carboxylic acids is 2. The molecule has 6 rings (SSSR count). The van der Waals surface area contributed by atoms with Crippen molar-refractivity contribution in [2.45, 2.75) is 12.8 Å². The van der Waals surface area contributed by atoms with E-state index in [1.807, 2.05) is 24.4 Å². The number of aldehydes is 2. The van der Waals surface area contributed by atoms with Crippen molar-refractivity contribution in [3.05, 3.63) is 89.6 Å². The molecular formula is C34H42BClN8O4. The van der Waals surface area contributed by atoms with E-state index in [2.05, 4.69) is 48.6 Å². The predicted molar refractivity (Wildman–Crippen MR) is 190 cm³/mol. The van der Waals surface area contributed by atoms with E-state index in [1.165, 1.54) is 12.1 Å². The molecule has 4 heterocycles. The van der Waals surface area contributed by atoms with Gasteiger partial charge in [-0.15, -0.1) is 0 Å². The Morgan fingerprint density at radius 3 is 1.83 bits per heavy atom. The number of rotatable bonds is 6. The number of likely N-dealkylation sites (N-methyl/N-ethyl adjacent to an activating group) is 2. The Kier molecular flexibility index (Phi) is 14.4. The van der Waals surface area contributed by atoms with Crippen molar-refractivity contribution in [1.29, 1.82) is 0 Å². The number of carbonyl (C=O) groups is 2. The Balaban J connectivity index is 0.000000174. The maximum Gasteiger partial charge on any atom is 0.488 e. The third-order valence-corrected chi connectivity index (χ3v) is 8.15. The summed E-state index contributed by atoms with van der Waals surface area (Å²) >= 11 is 5.82. The summed E-state index contributed by atoms with van der Waals surface area (Å²) in [6, 6.07) is 13.6. The van der Waals surface area contributed by atoms with Crippen LogP contribution >= 0.6 is 11.6 Å². The Labute approximate surface area is 287 Å². The van der Waals surface area contributed by atoms with Gasteiger partial charge in [-0.3, -0.25) is 19.6 Å². The van der Waals surface area contributed by atoms with Gasteiger partial charge in [0.2, 0.25) is 0 Å². The van der Waals surface area contributed by atoms with E-state index >= 15 is 0 Å². The highest BCUT2D eigenvalue weighted by molar-refractivity contribution is 6.58. The molecule has 2 aromatic heterocycles. The van der Waals surface area contributed by atoms with Gasteiger partial charge >= 0.3 is 7.12 Å². The monoisotopic (exact) mass is 672 g/mol. The third-order valence-electron chi connectivity index (χ3n) is 7.96. The molecule has 4 aromatic rings. The molecule has 2 aliphatic rings. The van der Waals surface area contributed by atoms with E-state index in [0.29, 0.717) is 28.0 Å². The van der Waals surface area contributed by atoms with Crippen molar-refractivity contribution < 1.29 is 19.6 Å². The van der Waals surface area contributed by atoms with E-state index in [1.54, 1.807) is 36.8 Å². The Bertz CT molecular complexity index is 1620. The first-order valence-electron chi connectivity index (χ1n) is 15.9. The molecule has 2 N–H and O–H groups in total. The summed E-state index contributed by atoms with van der Waals surface area (Å²) in [4.78, 5) is 47.7. The Morgan fingerprint density at radius 1 is 0.688 bits per heavy atom. The van der Waals surface area contributed by atoms with Crippen molar-refractivity contribution in [1.82, 2.24) is 29.7 Å². The predicted octanol–water partition coefficient (Wildman–Crippen LogP) is 2.55. The van der Waals surface area contributed by atoms with Crippen molar-refractivity contribution in [2.75, 3.05) is 76.3 Å². The second-order valence-corrected chi connectivity index (χ2v) is 12.0. The molecule has 14 heteroatoms. The van der Waals surface area contributed by atoms with Gasteiger partial charge in [0.1, 0.15) is 29.4 Å². The first-order valence-corrected chi connectivity index (χ1v) is 16.3. The highest BCUT2D eigenvalue weighted by Gasteiger charge is 2.16. The van der Waals surface area contributed by atoms with Crippen LogP contribution in [0.5, 0.6) is 0 Å². The van der Waals surface area contributed by atoms with E-state index in [4.69, 9.17) is 26.6 Å². The molecule has 0 aliphatic carbocycles. The average molecular weight is 673 g/mol. The van der Waals surface area contributed by atoms with Crippen LogP contribution in [0.15, 0.2) is 73.3 Å². The van der Waals surface area contributed by atoms with Crippen LogP contribution < -0.4 is 15.3 Å². The minimum Gasteiger partial charge on any atom is -0.423 e. The van der Waals surface area contributed by atoms with Crippen molar-refractivity contribution in [2.24, 2.45) is 0 Å². The molecule has 0 bridgehead atoms. The van der Waals surface area contributed by atoms with E-state index in [-0.39, 0.29) is 0 Å². The number of hydrogen-bond donors (Lipinski definition) is 2. The largest absolute Gasteiger partial charge is 0.488 e. The maximum absolute atomic E-state index is 10.9. The zero-order chi connectivity index (χ0) is 34.3. The molecule has 48 heavy (non-hydrogen) atoms. The summed E-state index contributed by atoms with van der Waals surface area (Å²) < 4.78 is 0. The fraction of sp³-hybridized carbons (Fsp3) is 0.353. The lowest BCUT2D eigenvalue weighted by Crippen LogP contribution is -2.29. The van der Waals surface area contributed by atoms with Gasteiger partial charge in [-0.05, 0) is 51.6 Å². The fourth-order valence-electron chi connectivity index (χ4n) is 5.25. The number of halogens is 1. The van der Waals surface area contributed by atoms with Crippen LogP contribution in [0.2, 0.25) is 5.15 Å². The van der Waals surface area contributed by atoms with Gasteiger partial charge in [-0.1, -0.05) is 54.1 Å². The summed E-state index contributed by atoms with van der Waals surface area (Å²) in [5.41, 5.74) is 3.15. The van der Waals surface area contributed by atoms with Gasteiger partial charge in [0.15, 0.2) is 0 Å². The van der Waals surface area contributed by atoms with Crippen LogP contribution in [0, 0.1) is 0 Å². The normalized spacial score (nSPS) is 15.5. The first-order chi connectivity index (χ1) is 23.2. The van der Waals surface area contributed by atoms with E-state index < -0.39 is 7.12 Å². The molecule has 2 fully saturated rings. The molecule has 0 amide bonds. The summed E-state index contributed by atoms with van der Waals surface area (Å²) in [6.07, 6.45) is 10.7. The standard InChI is InChI=1S/C17H20N4O.C10H15ClN4.C7H7BO3/c1-20-6-3-7-21(9-8-20)17-12-18-11-16(19-17)15-5-2-4-14(10-15)13-22;1-14-3-2-4-15(6-5-14)10-8-12-7-9(11)13-10;9-5-6-2-1-3-7(4-6)8(10)11/h2,4-5,10-13H,3,6-9H2,1H3;7-8H,2-6H2,1H3;1-5,10-11H. The molecule has 2 aromatic carbocycles. The average Bonchev–Trinajstić information content (AvgIpc) is 3.48. The van der Waals surface area contributed by atoms with Crippen molar-refractivity contribution in [3.63, 3.8) is 0 Å². The smallest absolute Gasteiger partial charge is 0.423 e. The van der Waals surface area contributed by atoms with Crippen molar-refractivity contribution >= 4 is 48.4 Å². The lowest BCUT2D eigenvalue weighted by molar-refractivity contribution is 0.111. The van der Waals surface area contributed by atoms with Gasteiger partial charge in [0.05, 0.1) is 30.5 Å². The van der Waals surface area contributed by atoms with Crippen LogP contribution in [0.3, 0.4) is 0 Å². The second kappa shape index (κ2) is 18.9. The van der Waals surface area contributed by atoms with Crippen LogP contribution in [-0.2, 0) is 0 Å². The zero-order valence-electron chi connectivity index (χ0n) is 27.4. The Hall–Kier alpha value is -4.27. The molecular weight excluding hydrogens is 631 g/mol. The highest BCUT2D eigenvalue weighted by atomic mass is 35.5. The molecule has 12 nitrogen and oxygen atoms in total. The van der Waals surface area contributed by atoms with Crippen LogP contribution in [0.4, 0.5) is 11.6 Å². The van der Waals surface area contributed by atoms with E-state index in [9.17, 15) is 9.59 Å². The van der Waals surface area contributed by atoms with Gasteiger partial charge in [-0.2, -0.15) is 0 Å². The summed E-state index contributed by atoms with van der Waals surface area (Å²) in [5, 5.41) is 17.8. The van der Waals surface area contributed by atoms with Crippen molar-refractivity contribution in [3.8, 4) is 11.3 Å². The first kappa shape index (κ1) is 36.6. The maximum atomic E-state index is 10.9. The van der Waals surface area contributed by atoms with Crippen LogP contribution in [0.1, 0.15) is 33.6 Å². The highest BCUT2D eigenvalue weighted by Crippen LogP contribution is 2.21. The second-order valence-electron chi connectivity index (χ2n) is 11.7. The van der Waals surface area contributed by atoms with Gasteiger partial charge in [-0.25, -0.2) is 9.97 Å². The minimum absolute atomic E-state index is 0.328. The van der Waals surface area contributed by atoms with Crippen LogP contribution in [-0.4, -0.2) is 126 Å². The molecule has 0 radical (unpaired) electrons. The number of benzene rings is 2. The molecule has 0 saturated carbocycles. The quantitative estimate of drug-likeness (QED) is 0.230. The number of hydrogen-bond acceptors (Lipinski definition) is 12. The molecule has 0 atom stereocenters. The number of anilines is 2. The molecule has 0 spiro atoms. The lowest BCUT2D eigenvalue weighted by atomic mass is 9.80. The molecule has 0 unspecified atom stereocenters.